The van der Waals surface area contributed by atoms with Gasteiger partial charge in [-0.2, -0.15) is 0 Å². The van der Waals surface area contributed by atoms with Gasteiger partial charge in [-0.05, 0) is 31.9 Å². The lowest BCUT2D eigenvalue weighted by Gasteiger charge is -2.24. The van der Waals surface area contributed by atoms with E-state index in [0.717, 1.165) is 30.1 Å². The molecule has 0 spiro atoms. The van der Waals surface area contributed by atoms with Gasteiger partial charge in [0.15, 0.2) is 0 Å². The van der Waals surface area contributed by atoms with Gasteiger partial charge < -0.3 is 14.7 Å². The minimum Gasteiger partial charge on any atom is -0.496 e. The average Bonchev–Trinajstić information content (AvgIpc) is 2.81. The first-order valence-electron chi connectivity index (χ1n) is 5.84. The molecule has 1 heterocycles. The second-order valence-corrected chi connectivity index (χ2v) is 4.26. The predicted molar refractivity (Wildman–Crippen MR) is 65.1 cm³/mol. The number of ether oxygens (including phenoxy) is 1. The molecule has 1 fully saturated rings. The first-order chi connectivity index (χ1) is 7.74. The predicted octanol–water partition coefficient (Wildman–Crippen LogP) is 2.35. The van der Waals surface area contributed by atoms with Gasteiger partial charge in [0.25, 0.3) is 0 Å². The van der Waals surface area contributed by atoms with Crippen LogP contribution in [-0.2, 0) is 0 Å². The quantitative estimate of drug-likeness (QED) is 0.850. The Bertz CT molecular complexity index is 357. The molecule has 1 aromatic carbocycles. The summed E-state index contributed by atoms with van der Waals surface area (Å²) in [5.74, 6) is 0.777. The molecule has 88 valence electrons. The minimum atomic E-state index is -0.494. The van der Waals surface area contributed by atoms with Gasteiger partial charge in [-0.1, -0.05) is 6.07 Å². The van der Waals surface area contributed by atoms with Crippen LogP contribution in [-0.4, -0.2) is 25.3 Å². The number of anilines is 1. The number of benzene rings is 1. The Morgan fingerprint density at radius 3 is 2.56 bits per heavy atom. The first-order valence-corrected chi connectivity index (χ1v) is 5.84. The van der Waals surface area contributed by atoms with Crippen molar-refractivity contribution in [1.82, 2.24) is 0 Å². The zero-order chi connectivity index (χ0) is 11.5. The maximum absolute atomic E-state index is 9.87. The summed E-state index contributed by atoms with van der Waals surface area (Å²) in [5, 5.41) is 9.87. The lowest BCUT2D eigenvalue weighted by molar-refractivity contribution is 0.194. The smallest absolute Gasteiger partial charge is 0.126 e. The summed E-state index contributed by atoms with van der Waals surface area (Å²) in [4.78, 5) is 2.32. The average molecular weight is 221 g/mol. The lowest BCUT2D eigenvalue weighted by Crippen LogP contribution is -2.20. The standard InChI is InChI=1S/C13H19NO2/c1-10(15)13-11(14-8-3-4-9-14)6-5-7-12(13)16-2/h5-7,10,15H,3-4,8-9H2,1-2H3. The third-order valence-electron chi connectivity index (χ3n) is 3.13. The van der Waals surface area contributed by atoms with Gasteiger partial charge in [-0.3, -0.25) is 0 Å². The van der Waals surface area contributed by atoms with Crippen LogP contribution in [0.4, 0.5) is 5.69 Å². The third kappa shape index (κ3) is 2.00. The van der Waals surface area contributed by atoms with Crippen molar-refractivity contribution in [3.8, 4) is 5.75 Å². The summed E-state index contributed by atoms with van der Waals surface area (Å²) in [6.45, 7) is 3.94. The van der Waals surface area contributed by atoms with Crippen molar-refractivity contribution in [2.24, 2.45) is 0 Å². The first kappa shape index (κ1) is 11.3. The van der Waals surface area contributed by atoms with E-state index in [4.69, 9.17) is 4.74 Å². The van der Waals surface area contributed by atoms with Gasteiger partial charge in [-0.15, -0.1) is 0 Å². The number of nitrogens with zero attached hydrogens (tertiary/aromatic N) is 1. The molecule has 1 aliphatic heterocycles. The number of rotatable bonds is 3. The Morgan fingerprint density at radius 2 is 2.00 bits per heavy atom. The largest absolute Gasteiger partial charge is 0.496 e. The zero-order valence-electron chi connectivity index (χ0n) is 9.94. The maximum atomic E-state index is 9.87. The summed E-state index contributed by atoms with van der Waals surface area (Å²) in [7, 11) is 1.65. The van der Waals surface area contributed by atoms with Crippen LogP contribution < -0.4 is 9.64 Å². The monoisotopic (exact) mass is 221 g/mol. The van der Waals surface area contributed by atoms with E-state index in [9.17, 15) is 5.11 Å². The molecule has 16 heavy (non-hydrogen) atoms. The van der Waals surface area contributed by atoms with Crippen LogP contribution in [0.2, 0.25) is 0 Å². The van der Waals surface area contributed by atoms with Gasteiger partial charge >= 0.3 is 0 Å². The molecule has 3 heteroatoms. The molecule has 0 radical (unpaired) electrons. The van der Waals surface area contributed by atoms with Crippen LogP contribution >= 0.6 is 0 Å². The summed E-state index contributed by atoms with van der Waals surface area (Å²) < 4.78 is 5.32. The third-order valence-corrected chi connectivity index (χ3v) is 3.13. The molecule has 2 rings (SSSR count). The molecule has 0 aromatic heterocycles. The molecule has 0 aliphatic carbocycles. The van der Waals surface area contributed by atoms with Crippen LogP contribution in [0.1, 0.15) is 31.4 Å². The van der Waals surface area contributed by atoms with E-state index in [2.05, 4.69) is 11.0 Å². The van der Waals surface area contributed by atoms with E-state index in [1.165, 1.54) is 12.8 Å². The highest BCUT2D eigenvalue weighted by Crippen LogP contribution is 2.35. The summed E-state index contributed by atoms with van der Waals surface area (Å²) in [5.41, 5.74) is 2.03. The van der Waals surface area contributed by atoms with Crippen LogP contribution in [0.15, 0.2) is 18.2 Å². The Balaban J connectivity index is 2.42. The van der Waals surface area contributed by atoms with Gasteiger partial charge in [0.1, 0.15) is 5.75 Å². The van der Waals surface area contributed by atoms with Crippen LogP contribution in [0, 0.1) is 0 Å². The number of aliphatic hydroxyl groups is 1. The van der Waals surface area contributed by atoms with E-state index in [0.29, 0.717) is 0 Å². The fraction of sp³-hybridized carbons (Fsp3) is 0.538. The Labute approximate surface area is 96.6 Å². The Kier molecular flexibility index (Phi) is 3.34. The van der Waals surface area contributed by atoms with Crippen LogP contribution in [0.3, 0.4) is 0 Å². The van der Waals surface area contributed by atoms with Gasteiger partial charge in [0.2, 0.25) is 0 Å². The Hall–Kier alpha value is -1.22. The van der Waals surface area contributed by atoms with Gasteiger partial charge in [0, 0.05) is 24.3 Å². The molecule has 1 aromatic rings. The van der Waals surface area contributed by atoms with Crippen LogP contribution in [0.25, 0.3) is 0 Å². The fourth-order valence-electron chi connectivity index (χ4n) is 2.36. The van der Waals surface area contributed by atoms with Crippen molar-refractivity contribution in [2.75, 3.05) is 25.1 Å². The fourth-order valence-corrected chi connectivity index (χ4v) is 2.36. The highest BCUT2D eigenvalue weighted by Gasteiger charge is 2.20. The molecule has 1 unspecified atom stereocenters. The number of hydrogen-bond acceptors (Lipinski definition) is 3. The SMILES string of the molecule is COc1cccc(N2CCCC2)c1C(C)O. The minimum absolute atomic E-state index is 0.494. The topological polar surface area (TPSA) is 32.7 Å². The van der Waals surface area contributed by atoms with Crippen molar-refractivity contribution in [2.45, 2.75) is 25.9 Å². The van der Waals surface area contributed by atoms with Gasteiger partial charge in [-0.25, -0.2) is 0 Å². The molecule has 0 saturated carbocycles. The molecule has 1 saturated heterocycles. The molecule has 3 nitrogen and oxygen atoms in total. The van der Waals surface area contributed by atoms with E-state index in [-0.39, 0.29) is 0 Å². The second kappa shape index (κ2) is 4.74. The molecule has 1 N–H and O–H groups in total. The van der Waals surface area contributed by atoms with Crippen molar-refractivity contribution in [3.05, 3.63) is 23.8 Å². The highest BCUT2D eigenvalue weighted by molar-refractivity contribution is 5.60. The zero-order valence-corrected chi connectivity index (χ0v) is 9.94. The van der Waals surface area contributed by atoms with Crippen molar-refractivity contribution >= 4 is 5.69 Å². The molecular formula is C13H19NO2. The highest BCUT2D eigenvalue weighted by atomic mass is 16.5. The van der Waals surface area contributed by atoms with Crippen molar-refractivity contribution < 1.29 is 9.84 Å². The van der Waals surface area contributed by atoms with E-state index in [1.807, 2.05) is 12.1 Å². The maximum Gasteiger partial charge on any atom is 0.126 e. The summed E-state index contributed by atoms with van der Waals surface area (Å²) >= 11 is 0. The second-order valence-electron chi connectivity index (χ2n) is 4.26. The summed E-state index contributed by atoms with van der Waals surface area (Å²) in [6, 6.07) is 5.95. The number of aliphatic hydroxyl groups excluding tert-OH is 1. The summed E-state index contributed by atoms with van der Waals surface area (Å²) in [6.07, 6.45) is 1.97. The van der Waals surface area contributed by atoms with E-state index >= 15 is 0 Å². The van der Waals surface area contributed by atoms with Crippen molar-refractivity contribution in [1.29, 1.82) is 0 Å². The molecule has 1 atom stereocenters. The molecule has 0 amide bonds. The normalized spacial score (nSPS) is 17.6. The molecule has 1 aliphatic rings. The Morgan fingerprint density at radius 1 is 1.31 bits per heavy atom. The number of hydrogen-bond donors (Lipinski definition) is 1. The van der Waals surface area contributed by atoms with E-state index in [1.54, 1.807) is 14.0 Å². The molecule has 0 bridgehead atoms. The molecular weight excluding hydrogens is 202 g/mol. The lowest BCUT2D eigenvalue weighted by atomic mass is 10.1. The number of methoxy groups -OCH3 is 1. The van der Waals surface area contributed by atoms with E-state index < -0.39 is 6.10 Å². The van der Waals surface area contributed by atoms with Crippen LogP contribution in [0.5, 0.6) is 5.75 Å². The van der Waals surface area contributed by atoms with Gasteiger partial charge in [0.05, 0.1) is 13.2 Å². The van der Waals surface area contributed by atoms with Crippen molar-refractivity contribution in [3.63, 3.8) is 0 Å².